The standard InChI is InChI=1S/C16H31N3/c1-2-17-13-16(7-3-4-8-16)14-18-10-11-19-9-5-6-15(19)12-18/h15,17H,2-14H2,1H3. The molecular formula is C16H31N3. The van der Waals surface area contributed by atoms with Crippen LogP contribution in [0.3, 0.4) is 0 Å². The van der Waals surface area contributed by atoms with Gasteiger partial charge in [0.25, 0.3) is 0 Å². The molecule has 3 nitrogen and oxygen atoms in total. The highest BCUT2D eigenvalue weighted by atomic mass is 15.3. The van der Waals surface area contributed by atoms with E-state index in [0.717, 1.165) is 12.6 Å². The van der Waals surface area contributed by atoms with Crippen LogP contribution in [0.5, 0.6) is 0 Å². The van der Waals surface area contributed by atoms with Crippen LogP contribution >= 0.6 is 0 Å². The molecule has 3 fully saturated rings. The Hall–Kier alpha value is -0.120. The Morgan fingerprint density at radius 2 is 1.95 bits per heavy atom. The summed E-state index contributed by atoms with van der Waals surface area (Å²) >= 11 is 0. The second-order valence-corrected chi connectivity index (χ2v) is 7.05. The minimum atomic E-state index is 0.594. The van der Waals surface area contributed by atoms with Crippen molar-refractivity contribution in [2.24, 2.45) is 5.41 Å². The van der Waals surface area contributed by atoms with E-state index in [0.29, 0.717) is 5.41 Å². The normalized spacial score (nSPS) is 31.7. The summed E-state index contributed by atoms with van der Waals surface area (Å²) in [7, 11) is 0. The van der Waals surface area contributed by atoms with Gasteiger partial charge in [-0.3, -0.25) is 9.80 Å². The molecule has 1 unspecified atom stereocenters. The highest BCUT2D eigenvalue weighted by molar-refractivity contribution is 4.93. The molecule has 1 saturated carbocycles. The quantitative estimate of drug-likeness (QED) is 0.819. The lowest BCUT2D eigenvalue weighted by molar-refractivity contribution is 0.0652. The molecule has 2 saturated heterocycles. The van der Waals surface area contributed by atoms with E-state index < -0.39 is 0 Å². The Kier molecular flexibility index (Phi) is 4.45. The number of nitrogens with zero attached hydrogens (tertiary/aromatic N) is 2. The van der Waals surface area contributed by atoms with Crippen LogP contribution in [0.25, 0.3) is 0 Å². The predicted molar refractivity (Wildman–Crippen MR) is 80.5 cm³/mol. The number of fused-ring (bicyclic) bond motifs is 1. The van der Waals surface area contributed by atoms with Crippen molar-refractivity contribution in [1.82, 2.24) is 15.1 Å². The third-order valence-corrected chi connectivity index (χ3v) is 5.64. The average molecular weight is 265 g/mol. The largest absolute Gasteiger partial charge is 0.316 e. The Morgan fingerprint density at radius 3 is 2.74 bits per heavy atom. The number of hydrogen-bond acceptors (Lipinski definition) is 3. The van der Waals surface area contributed by atoms with E-state index in [1.807, 2.05) is 0 Å². The molecule has 3 rings (SSSR count). The summed E-state index contributed by atoms with van der Waals surface area (Å²) in [6, 6.07) is 0.881. The van der Waals surface area contributed by atoms with Crippen LogP contribution in [0.15, 0.2) is 0 Å². The van der Waals surface area contributed by atoms with Gasteiger partial charge < -0.3 is 5.32 Å². The Balaban J connectivity index is 1.56. The van der Waals surface area contributed by atoms with Crippen molar-refractivity contribution in [3.05, 3.63) is 0 Å². The van der Waals surface area contributed by atoms with Crippen LogP contribution in [0.4, 0.5) is 0 Å². The van der Waals surface area contributed by atoms with Gasteiger partial charge in [-0.05, 0) is 44.2 Å². The Bertz CT molecular complexity index is 286. The Morgan fingerprint density at radius 1 is 1.11 bits per heavy atom. The zero-order valence-electron chi connectivity index (χ0n) is 12.7. The van der Waals surface area contributed by atoms with Crippen molar-refractivity contribution in [2.75, 3.05) is 45.8 Å². The summed E-state index contributed by atoms with van der Waals surface area (Å²) in [6.45, 7) is 11.3. The number of piperazine rings is 1. The first-order chi connectivity index (χ1) is 9.31. The van der Waals surface area contributed by atoms with Crippen molar-refractivity contribution < 1.29 is 0 Å². The van der Waals surface area contributed by atoms with E-state index in [9.17, 15) is 0 Å². The third kappa shape index (κ3) is 3.14. The van der Waals surface area contributed by atoms with Gasteiger partial charge in [-0.1, -0.05) is 19.8 Å². The van der Waals surface area contributed by atoms with Crippen molar-refractivity contribution in [3.8, 4) is 0 Å². The van der Waals surface area contributed by atoms with Gasteiger partial charge in [-0.2, -0.15) is 0 Å². The maximum Gasteiger partial charge on any atom is 0.0224 e. The van der Waals surface area contributed by atoms with Gasteiger partial charge in [-0.15, -0.1) is 0 Å². The van der Waals surface area contributed by atoms with Crippen LogP contribution in [-0.2, 0) is 0 Å². The lowest BCUT2D eigenvalue weighted by Gasteiger charge is -2.42. The second kappa shape index (κ2) is 6.11. The fourth-order valence-corrected chi connectivity index (χ4v) is 4.58. The van der Waals surface area contributed by atoms with Crippen molar-refractivity contribution >= 4 is 0 Å². The summed E-state index contributed by atoms with van der Waals surface area (Å²) in [4.78, 5) is 5.51. The molecule has 0 aromatic heterocycles. The summed E-state index contributed by atoms with van der Waals surface area (Å²) in [5.41, 5.74) is 0.594. The zero-order valence-corrected chi connectivity index (χ0v) is 12.7. The monoisotopic (exact) mass is 265 g/mol. The number of hydrogen-bond donors (Lipinski definition) is 1. The molecule has 110 valence electrons. The van der Waals surface area contributed by atoms with Crippen LogP contribution in [0.1, 0.15) is 45.4 Å². The summed E-state index contributed by atoms with van der Waals surface area (Å²) in [5.74, 6) is 0. The van der Waals surface area contributed by atoms with E-state index in [2.05, 4.69) is 22.0 Å². The molecule has 0 bridgehead atoms. The number of rotatable bonds is 5. The predicted octanol–water partition coefficient (Wildman–Crippen LogP) is 1.94. The van der Waals surface area contributed by atoms with Gasteiger partial charge in [0.15, 0.2) is 0 Å². The molecule has 1 atom stereocenters. The third-order valence-electron chi connectivity index (χ3n) is 5.64. The smallest absolute Gasteiger partial charge is 0.0224 e. The molecule has 2 aliphatic heterocycles. The molecule has 2 heterocycles. The minimum Gasteiger partial charge on any atom is -0.316 e. The lowest BCUT2D eigenvalue weighted by Crippen LogP contribution is -2.53. The van der Waals surface area contributed by atoms with Crippen LogP contribution in [0.2, 0.25) is 0 Å². The van der Waals surface area contributed by atoms with E-state index in [-0.39, 0.29) is 0 Å². The van der Waals surface area contributed by atoms with E-state index in [1.54, 1.807) is 0 Å². The molecule has 1 N–H and O–H groups in total. The molecule has 3 aliphatic rings. The molecule has 0 amide bonds. The van der Waals surface area contributed by atoms with E-state index >= 15 is 0 Å². The highest BCUT2D eigenvalue weighted by Crippen LogP contribution is 2.39. The molecule has 0 aromatic carbocycles. The number of nitrogens with one attached hydrogen (secondary N) is 1. The zero-order chi connectivity index (χ0) is 13.1. The van der Waals surface area contributed by atoms with Gasteiger partial charge in [0, 0.05) is 38.8 Å². The van der Waals surface area contributed by atoms with Crippen molar-refractivity contribution in [2.45, 2.75) is 51.5 Å². The van der Waals surface area contributed by atoms with Gasteiger partial charge in [-0.25, -0.2) is 0 Å². The van der Waals surface area contributed by atoms with Crippen molar-refractivity contribution in [3.63, 3.8) is 0 Å². The fourth-order valence-electron chi connectivity index (χ4n) is 4.58. The summed E-state index contributed by atoms with van der Waals surface area (Å²) in [5, 5.41) is 3.63. The van der Waals surface area contributed by atoms with Crippen LogP contribution < -0.4 is 5.32 Å². The van der Waals surface area contributed by atoms with Gasteiger partial charge in [0.2, 0.25) is 0 Å². The van der Waals surface area contributed by atoms with Gasteiger partial charge in [0.1, 0.15) is 0 Å². The first kappa shape index (κ1) is 13.8. The Labute approximate surface area is 118 Å². The SMILES string of the molecule is CCNCC1(CN2CCN3CCCC3C2)CCCC1. The van der Waals surface area contributed by atoms with Gasteiger partial charge in [0.05, 0.1) is 0 Å². The highest BCUT2D eigenvalue weighted by Gasteiger charge is 2.38. The topological polar surface area (TPSA) is 18.5 Å². The molecule has 3 heteroatoms. The fraction of sp³-hybridized carbons (Fsp3) is 1.00. The second-order valence-electron chi connectivity index (χ2n) is 7.05. The van der Waals surface area contributed by atoms with E-state index in [4.69, 9.17) is 0 Å². The first-order valence-corrected chi connectivity index (χ1v) is 8.48. The van der Waals surface area contributed by atoms with Gasteiger partial charge >= 0.3 is 0 Å². The lowest BCUT2D eigenvalue weighted by atomic mass is 9.85. The molecule has 19 heavy (non-hydrogen) atoms. The molecule has 0 spiro atoms. The summed E-state index contributed by atoms with van der Waals surface area (Å²) < 4.78 is 0. The minimum absolute atomic E-state index is 0.594. The molecule has 0 radical (unpaired) electrons. The maximum absolute atomic E-state index is 3.63. The first-order valence-electron chi connectivity index (χ1n) is 8.48. The van der Waals surface area contributed by atoms with Crippen LogP contribution in [-0.4, -0.2) is 61.7 Å². The summed E-state index contributed by atoms with van der Waals surface area (Å²) in [6.07, 6.45) is 8.68. The molecular weight excluding hydrogens is 234 g/mol. The van der Waals surface area contributed by atoms with Crippen molar-refractivity contribution in [1.29, 1.82) is 0 Å². The maximum atomic E-state index is 3.63. The molecule has 1 aliphatic carbocycles. The van der Waals surface area contributed by atoms with Crippen LogP contribution in [0, 0.1) is 5.41 Å². The molecule has 0 aromatic rings. The van der Waals surface area contributed by atoms with E-state index in [1.165, 1.54) is 77.8 Å². The average Bonchev–Trinajstić information content (AvgIpc) is 3.05.